The second kappa shape index (κ2) is 8.06. The average Bonchev–Trinajstić information content (AvgIpc) is 2.80. The summed E-state index contributed by atoms with van der Waals surface area (Å²) in [5.41, 5.74) is 0.740. The monoisotopic (exact) mass is 332 g/mol. The molecule has 0 radical (unpaired) electrons. The summed E-state index contributed by atoms with van der Waals surface area (Å²) in [5.74, 6) is -1.04. The molecule has 24 heavy (non-hydrogen) atoms. The van der Waals surface area contributed by atoms with Crippen LogP contribution in [0.3, 0.4) is 0 Å². The average molecular weight is 332 g/mol. The molecule has 0 bridgehead atoms. The van der Waals surface area contributed by atoms with Crippen LogP contribution < -0.4 is 0 Å². The van der Waals surface area contributed by atoms with E-state index in [0.717, 1.165) is 0 Å². The number of methoxy groups -OCH3 is 1. The Kier molecular flexibility index (Phi) is 6.09. The maximum atomic E-state index is 12.6. The molecule has 0 saturated heterocycles. The van der Waals surface area contributed by atoms with Crippen molar-refractivity contribution in [3.05, 3.63) is 41.4 Å². The number of aromatic nitrogens is 1. The lowest BCUT2D eigenvalue weighted by Gasteiger charge is -2.26. The van der Waals surface area contributed by atoms with Gasteiger partial charge in [0, 0.05) is 32.9 Å². The molecule has 0 aromatic carbocycles. The van der Waals surface area contributed by atoms with Gasteiger partial charge in [0.15, 0.2) is 11.5 Å². The topological polar surface area (TPSA) is 79.7 Å². The van der Waals surface area contributed by atoms with Crippen LogP contribution in [-0.2, 0) is 14.3 Å². The van der Waals surface area contributed by atoms with Gasteiger partial charge in [-0.1, -0.05) is 19.9 Å². The largest absolute Gasteiger partial charge is 0.503 e. The zero-order chi connectivity index (χ0) is 17.7. The summed E-state index contributed by atoms with van der Waals surface area (Å²) in [6.07, 6.45) is 2.51. The number of Topliss-reactive ketones (excluding diaryl/α,β-unsaturated/α-hetero) is 1. The first-order valence-electron chi connectivity index (χ1n) is 8.14. The molecular formula is C18H24N2O4. The van der Waals surface area contributed by atoms with Gasteiger partial charge in [0.2, 0.25) is 0 Å². The van der Waals surface area contributed by atoms with Crippen molar-refractivity contribution in [1.82, 2.24) is 9.88 Å². The Morgan fingerprint density at radius 2 is 2.17 bits per heavy atom. The smallest absolute Gasteiger partial charge is 0.290 e. The van der Waals surface area contributed by atoms with Gasteiger partial charge in [-0.05, 0) is 24.5 Å². The Hall–Kier alpha value is -2.21. The van der Waals surface area contributed by atoms with Crippen molar-refractivity contribution in [2.24, 2.45) is 5.92 Å². The fourth-order valence-electron chi connectivity index (χ4n) is 2.87. The van der Waals surface area contributed by atoms with Gasteiger partial charge in [0.25, 0.3) is 5.91 Å². The van der Waals surface area contributed by atoms with E-state index in [0.29, 0.717) is 25.3 Å². The Balaban J connectivity index is 2.38. The number of carbonyl (C=O) groups excluding carboxylic acids is 2. The third-order valence-corrected chi connectivity index (χ3v) is 3.91. The highest BCUT2D eigenvalue weighted by molar-refractivity contribution is 6.08. The van der Waals surface area contributed by atoms with E-state index in [4.69, 9.17) is 4.74 Å². The molecule has 1 amide bonds. The number of hydrogen-bond donors (Lipinski definition) is 1. The van der Waals surface area contributed by atoms with Crippen molar-refractivity contribution in [2.45, 2.75) is 32.7 Å². The Morgan fingerprint density at radius 3 is 2.75 bits per heavy atom. The normalized spacial score (nSPS) is 17.9. The summed E-state index contributed by atoms with van der Waals surface area (Å²) in [6.45, 7) is 4.74. The molecule has 1 aliphatic rings. The minimum absolute atomic E-state index is 0.139. The number of aliphatic hydroxyl groups is 1. The SMILES string of the molecule is COCCCN1C(=O)C(O)=C(C(=O)CC(C)C)C1c1ccccn1. The molecule has 1 atom stereocenters. The van der Waals surface area contributed by atoms with Crippen molar-refractivity contribution in [1.29, 1.82) is 0 Å². The summed E-state index contributed by atoms with van der Waals surface area (Å²) in [4.78, 5) is 30.9. The summed E-state index contributed by atoms with van der Waals surface area (Å²) in [6, 6.07) is 4.71. The summed E-state index contributed by atoms with van der Waals surface area (Å²) < 4.78 is 5.03. The molecule has 130 valence electrons. The number of amides is 1. The molecule has 6 nitrogen and oxygen atoms in total. The molecule has 0 fully saturated rings. The van der Waals surface area contributed by atoms with E-state index in [1.165, 1.54) is 4.90 Å². The predicted octanol–water partition coefficient (Wildman–Crippen LogP) is 2.43. The Bertz CT molecular complexity index is 625. The first-order valence-corrected chi connectivity index (χ1v) is 8.14. The lowest BCUT2D eigenvalue weighted by atomic mass is 9.94. The number of ketones is 1. The Labute approximate surface area is 142 Å². The number of ether oxygens (including phenoxy) is 1. The van der Waals surface area contributed by atoms with Gasteiger partial charge in [-0.3, -0.25) is 14.6 Å². The minimum atomic E-state index is -0.637. The van der Waals surface area contributed by atoms with E-state index in [1.54, 1.807) is 31.5 Å². The molecule has 0 spiro atoms. The lowest BCUT2D eigenvalue weighted by Crippen LogP contribution is -2.33. The third-order valence-electron chi connectivity index (χ3n) is 3.91. The van der Waals surface area contributed by atoms with E-state index in [2.05, 4.69) is 4.98 Å². The van der Waals surface area contributed by atoms with Crippen LogP contribution >= 0.6 is 0 Å². The predicted molar refractivity (Wildman–Crippen MR) is 89.3 cm³/mol. The van der Waals surface area contributed by atoms with Crippen molar-refractivity contribution in [3.63, 3.8) is 0 Å². The van der Waals surface area contributed by atoms with Gasteiger partial charge in [-0.25, -0.2) is 0 Å². The van der Waals surface area contributed by atoms with Crippen molar-refractivity contribution in [2.75, 3.05) is 20.3 Å². The van der Waals surface area contributed by atoms with Crippen LogP contribution in [0.4, 0.5) is 0 Å². The molecule has 1 N–H and O–H groups in total. The first kappa shape index (κ1) is 18.1. The fourth-order valence-corrected chi connectivity index (χ4v) is 2.87. The number of pyridine rings is 1. The second-order valence-corrected chi connectivity index (χ2v) is 6.29. The van der Waals surface area contributed by atoms with E-state index >= 15 is 0 Å². The number of aliphatic hydroxyl groups excluding tert-OH is 1. The standard InChI is InChI=1S/C18H24N2O4/c1-12(2)11-14(21)15-16(13-7-4-5-8-19-13)20(9-6-10-24-3)18(23)17(15)22/h4-5,7-8,12,16,22H,6,9-11H2,1-3H3. The number of rotatable bonds is 8. The van der Waals surface area contributed by atoms with Crippen LogP contribution in [0.25, 0.3) is 0 Å². The molecule has 1 unspecified atom stereocenters. The van der Waals surface area contributed by atoms with Gasteiger partial charge >= 0.3 is 0 Å². The van der Waals surface area contributed by atoms with E-state index in [-0.39, 0.29) is 23.7 Å². The summed E-state index contributed by atoms with van der Waals surface area (Å²) in [5, 5.41) is 10.3. The zero-order valence-corrected chi connectivity index (χ0v) is 14.4. The molecule has 2 rings (SSSR count). The molecular weight excluding hydrogens is 308 g/mol. The molecule has 1 aliphatic heterocycles. The third kappa shape index (κ3) is 3.82. The van der Waals surface area contributed by atoms with Gasteiger partial charge < -0.3 is 14.7 Å². The molecule has 1 aromatic rings. The van der Waals surface area contributed by atoms with E-state index in [1.807, 2.05) is 13.8 Å². The van der Waals surface area contributed by atoms with Gasteiger partial charge in [0.1, 0.15) is 6.04 Å². The fraction of sp³-hybridized carbons (Fsp3) is 0.500. The van der Waals surface area contributed by atoms with Crippen molar-refractivity contribution in [3.8, 4) is 0 Å². The first-order chi connectivity index (χ1) is 11.5. The van der Waals surface area contributed by atoms with Crippen molar-refractivity contribution >= 4 is 11.7 Å². The van der Waals surface area contributed by atoms with Gasteiger partial charge in [-0.15, -0.1) is 0 Å². The van der Waals surface area contributed by atoms with Crippen LogP contribution in [0.1, 0.15) is 38.4 Å². The molecule has 1 aromatic heterocycles. The molecule has 2 heterocycles. The maximum Gasteiger partial charge on any atom is 0.290 e. The minimum Gasteiger partial charge on any atom is -0.503 e. The number of nitrogens with zero attached hydrogens (tertiary/aromatic N) is 2. The zero-order valence-electron chi connectivity index (χ0n) is 14.4. The van der Waals surface area contributed by atoms with Crippen LogP contribution in [-0.4, -0.2) is 46.9 Å². The van der Waals surface area contributed by atoms with Crippen LogP contribution in [0.15, 0.2) is 35.7 Å². The second-order valence-electron chi connectivity index (χ2n) is 6.29. The van der Waals surface area contributed by atoms with Gasteiger partial charge in [-0.2, -0.15) is 0 Å². The molecule has 6 heteroatoms. The van der Waals surface area contributed by atoms with E-state index < -0.39 is 17.7 Å². The molecule has 0 saturated carbocycles. The van der Waals surface area contributed by atoms with Gasteiger partial charge in [0.05, 0.1) is 11.3 Å². The van der Waals surface area contributed by atoms with Crippen LogP contribution in [0.2, 0.25) is 0 Å². The highest BCUT2D eigenvalue weighted by Gasteiger charge is 2.43. The molecule has 0 aliphatic carbocycles. The highest BCUT2D eigenvalue weighted by Crippen LogP contribution is 2.37. The summed E-state index contributed by atoms with van der Waals surface area (Å²) in [7, 11) is 1.59. The highest BCUT2D eigenvalue weighted by atomic mass is 16.5. The number of hydrogen-bond acceptors (Lipinski definition) is 5. The Morgan fingerprint density at radius 1 is 1.42 bits per heavy atom. The summed E-state index contributed by atoms with van der Waals surface area (Å²) >= 11 is 0. The van der Waals surface area contributed by atoms with E-state index in [9.17, 15) is 14.7 Å². The van der Waals surface area contributed by atoms with Crippen LogP contribution in [0.5, 0.6) is 0 Å². The number of carbonyl (C=O) groups is 2. The lowest BCUT2D eigenvalue weighted by molar-refractivity contribution is -0.129. The maximum absolute atomic E-state index is 12.6. The van der Waals surface area contributed by atoms with Crippen LogP contribution in [0, 0.1) is 5.92 Å². The van der Waals surface area contributed by atoms with Crippen molar-refractivity contribution < 1.29 is 19.4 Å². The quantitative estimate of drug-likeness (QED) is 0.740.